The monoisotopic (exact) mass is 382 g/mol. The van der Waals surface area contributed by atoms with Gasteiger partial charge in [0.15, 0.2) is 0 Å². The lowest BCUT2D eigenvalue weighted by Gasteiger charge is -2.09. The molecule has 2 aromatic rings. The van der Waals surface area contributed by atoms with E-state index in [-0.39, 0.29) is 17.2 Å². The molecule has 0 amide bonds. The average Bonchev–Trinajstić information content (AvgIpc) is 2.65. The van der Waals surface area contributed by atoms with Crippen molar-refractivity contribution in [2.75, 3.05) is 6.61 Å². The van der Waals surface area contributed by atoms with E-state index in [0.29, 0.717) is 17.9 Å². The Labute approximate surface area is 163 Å². The van der Waals surface area contributed by atoms with Crippen LogP contribution < -0.4 is 9.47 Å². The molecule has 0 heterocycles. The van der Waals surface area contributed by atoms with Gasteiger partial charge in [0.05, 0.1) is 6.61 Å². The maximum atomic E-state index is 12.4. The fourth-order valence-electron chi connectivity index (χ4n) is 2.18. The fraction of sp³-hybridized carbons (Fsp3) is 0.227. The van der Waals surface area contributed by atoms with Crippen molar-refractivity contribution in [1.29, 1.82) is 0 Å². The number of ether oxygens (including phenoxy) is 3. The fourth-order valence-corrected chi connectivity index (χ4v) is 2.18. The summed E-state index contributed by atoms with van der Waals surface area (Å²) in [6.07, 6.45) is 2.89. The summed E-state index contributed by atoms with van der Waals surface area (Å²) in [5.74, 6) is -0.948. The summed E-state index contributed by atoms with van der Waals surface area (Å²) in [5, 5.41) is 0. The van der Waals surface area contributed by atoms with Crippen LogP contribution in [0.4, 0.5) is 0 Å². The SMILES string of the molecule is CC(=O)Oc1ccccc1C(=O)Oc1cccc(/C=C/C(=O)OCC(C)C)c1. The second-order valence-electron chi connectivity index (χ2n) is 6.41. The maximum Gasteiger partial charge on any atom is 0.347 e. The Morgan fingerprint density at radius 3 is 2.46 bits per heavy atom. The van der Waals surface area contributed by atoms with Crippen LogP contribution in [0.2, 0.25) is 0 Å². The third-order valence-corrected chi connectivity index (χ3v) is 3.40. The largest absolute Gasteiger partial charge is 0.462 e. The maximum absolute atomic E-state index is 12.4. The quantitative estimate of drug-likeness (QED) is 0.408. The highest BCUT2D eigenvalue weighted by Gasteiger charge is 2.16. The number of para-hydroxylation sites is 1. The van der Waals surface area contributed by atoms with Gasteiger partial charge in [0.1, 0.15) is 17.1 Å². The van der Waals surface area contributed by atoms with Gasteiger partial charge in [-0.2, -0.15) is 0 Å². The highest BCUT2D eigenvalue weighted by atomic mass is 16.6. The number of carbonyl (C=O) groups excluding carboxylic acids is 3. The van der Waals surface area contributed by atoms with Crippen LogP contribution in [-0.4, -0.2) is 24.5 Å². The number of hydrogen-bond acceptors (Lipinski definition) is 6. The first-order chi connectivity index (χ1) is 13.3. The molecule has 0 aliphatic carbocycles. The number of benzene rings is 2. The molecule has 6 nitrogen and oxygen atoms in total. The molecule has 0 saturated heterocycles. The first-order valence-corrected chi connectivity index (χ1v) is 8.79. The molecule has 2 aromatic carbocycles. The van der Waals surface area contributed by atoms with Gasteiger partial charge in [-0.15, -0.1) is 0 Å². The van der Waals surface area contributed by atoms with E-state index in [4.69, 9.17) is 14.2 Å². The minimum Gasteiger partial charge on any atom is -0.462 e. The van der Waals surface area contributed by atoms with E-state index < -0.39 is 17.9 Å². The molecule has 0 bridgehead atoms. The Morgan fingerprint density at radius 1 is 1.00 bits per heavy atom. The van der Waals surface area contributed by atoms with E-state index in [2.05, 4.69) is 0 Å². The van der Waals surface area contributed by atoms with Crippen molar-refractivity contribution in [3.05, 3.63) is 65.7 Å². The van der Waals surface area contributed by atoms with Crippen molar-refractivity contribution < 1.29 is 28.6 Å². The lowest BCUT2D eigenvalue weighted by atomic mass is 10.2. The number of hydrogen-bond donors (Lipinski definition) is 0. The van der Waals surface area contributed by atoms with Crippen molar-refractivity contribution in [2.45, 2.75) is 20.8 Å². The predicted molar refractivity (Wildman–Crippen MR) is 104 cm³/mol. The zero-order valence-corrected chi connectivity index (χ0v) is 16.0. The average molecular weight is 382 g/mol. The number of esters is 3. The number of carbonyl (C=O) groups is 3. The highest BCUT2D eigenvalue weighted by Crippen LogP contribution is 2.22. The molecule has 0 aromatic heterocycles. The standard InChI is InChI=1S/C22H22O6/c1-15(2)14-26-21(24)12-11-17-7-6-8-18(13-17)28-22(25)19-9-4-5-10-20(19)27-16(3)23/h4-13,15H,14H2,1-3H3/b12-11+. The molecule has 2 rings (SSSR count). The normalized spacial score (nSPS) is 10.7. The smallest absolute Gasteiger partial charge is 0.347 e. The van der Waals surface area contributed by atoms with E-state index in [0.717, 1.165) is 0 Å². The van der Waals surface area contributed by atoms with Gasteiger partial charge in [-0.3, -0.25) is 4.79 Å². The van der Waals surface area contributed by atoms with Crippen LogP contribution in [-0.2, 0) is 14.3 Å². The third kappa shape index (κ3) is 6.72. The Kier molecular flexibility index (Phi) is 7.51. The Morgan fingerprint density at radius 2 is 1.75 bits per heavy atom. The number of rotatable bonds is 7. The van der Waals surface area contributed by atoms with Crippen molar-refractivity contribution in [2.24, 2.45) is 5.92 Å². The molecule has 6 heteroatoms. The van der Waals surface area contributed by atoms with Gasteiger partial charge in [0.25, 0.3) is 0 Å². The van der Waals surface area contributed by atoms with Crippen molar-refractivity contribution in [3.63, 3.8) is 0 Å². The first kappa shape index (κ1) is 20.9. The summed E-state index contributed by atoms with van der Waals surface area (Å²) < 4.78 is 15.5. The van der Waals surface area contributed by atoms with Gasteiger partial charge < -0.3 is 14.2 Å². The second-order valence-corrected chi connectivity index (χ2v) is 6.41. The van der Waals surface area contributed by atoms with E-state index in [1.54, 1.807) is 42.5 Å². The predicted octanol–water partition coefficient (Wildman–Crippen LogP) is 4.04. The van der Waals surface area contributed by atoms with E-state index >= 15 is 0 Å². The molecular weight excluding hydrogens is 360 g/mol. The van der Waals surface area contributed by atoms with Crippen molar-refractivity contribution in [1.82, 2.24) is 0 Å². The van der Waals surface area contributed by atoms with Gasteiger partial charge in [-0.25, -0.2) is 9.59 Å². The summed E-state index contributed by atoms with van der Waals surface area (Å²) in [6.45, 7) is 5.51. The second kappa shape index (κ2) is 10.1. The van der Waals surface area contributed by atoms with Crippen LogP contribution in [0.3, 0.4) is 0 Å². The molecule has 0 atom stereocenters. The molecule has 0 saturated carbocycles. The van der Waals surface area contributed by atoms with Gasteiger partial charge in [-0.05, 0) is 41.8 Å². The molecule has 0 N–H and O–H groups in total. The van der Waals surface area contributed by atoms with Crippen LogP contribution in [0.1, 0.15) is 36.7 Å². The summed E-state index contributed by atoms with van der Waals surface area (Å²) in [7, 11) is 0. The van der Waals surface area contributed by atoms with Gasteiger partial charge in [0.2, 0.25) is 0 Å². The van der Waals surface area contributed by atoms with E-state index in [1.807, 2.05) is 13.8 Å². The van der Waals surface area contributed by atoms with Crippen LogP contribution in [0.15, 0.2) is 54.6 Å². The lowest BCUT2D eigenvalue weighted by molar-refractivity contribution is -0.138. The van der Waals surface area contributed by atoms with E-state index in [9.17, 15) is 14.4 Å². The molecule has 0 aliphatic heterocycles. The Bertz CT molecular complexity index is 882. The van der Waals surface area contributed by atoms with Crippen LogP contribution in [0.5, 0.6) is 11.5 Å². The lowest BCUT2D eigenvalue weighted by Crippen LogP contribution is -2.12. The van der Waals surface area contributed by atoms with Gasteiger partial charge >= 0.3 is 17.9 Å². The summed E-state index contributed by atoms with van der Waals surface area (Å²) in [6, 6.07) is 13.0. The van der Waals surface area contributed by atoms with Crippen LogP contribution in [0, 0.1) is 5.92 Å². The Balaban J connectivity index is 2.08. The molecule has 0 spiro atoms. The van der Waals surface area contributed by atoms with E-state index in [1.165, 1.54) is 25.1 Å². The summed E-state index contributed by atoms with van der Waals surface area (Å²) >= 11 is 0. The molecule has 0 radical (unpaired) electrons. The molecule has 146 valence electrons. The van der Waals surface area contributed by atoms with Gasteiger partial charge in [0, 0.05) is 13.0 Å². The third-order valence-electron chi connectivity index (χ3n) is 3.40. The minimum absolute atomic E-state index is 0.129. The molecule has 0 unspecified atom stereocenters. The zero-order chi connectivity index (χ0) is 20.5. The summed E-state index contributed by atoms with van der Waals surface area (Å²) in [5.41, 5.74) is 0.802. The molecule has 0 aliphatic rings. The highest BCUT2D eigenvalue weighted by molar-refractivity contribution is 5.95. The Hall–Kier alpha value is -3.41. The summed E-state index contributed by atoms with van der Waals surface area (Å²) in [4.78, 5) is 35.3. The van der Waals surface area contributed by atoms with Crippen molar-refractivity contribution >= 4 is 24.0 Å². The van der Waals surface area contributed by atoms with Crippen LogP contribution >= 0.6 is 0 Å². The molecule has 0 fully saturated rings. The van der Waals surface area contributed by atoms with Gasteiger partial charge in [-0.1, -0.05) is 38.1 Å². The topological polar surface area (TPSA) is 78.9 Å². The van der Waals surface area contributed by atoms with Crippen LogP contribution in [0.25, 0.3) is 6.08 Å². The molecule has 28 heavy (non-hydrogen) atoms. The minimum atomic E-state index is -0.658. The zero-order valence-electron chi connectivity index (χ0n) is 16.0. The molecular formula is C22H22O6. The van der Waals surface area contributed by atoms with Crippen molar-refractivity contribution in [3.8, 4) is 11.5 Å². The first-order valence-electron chi connectivity index (χ1n) is 8.79.